The number of allylic oxidation sites excluding steroid dienone is 1. The zero-order chi connectivity index (χ0) is 9.45. The van der Waals surface area contributed by atoms with Crippen molar-refractivity contribution in [3.63, 3.8) is 0 Å². The van der Waals surface area contributed by atoms with Gasteiger partial charge in [0.05, 0.1) is 0 Å². The minimum Gasteiger partial charge on any atom is -0.0845 e. The lowest BCUT2D eigenvalue weighted by Gasteiger charge is -2.21. The lowest BCUT2D eigenvalue weighted by Crippen LogP contribution is -2.08. The molecule has 0 aliphatic rings. The highest BCUT2D eigenvalue weighted by Gasteiger charge is 2.13. The summed E-state index contributed by atoms with van der Waals surface area (Å²) in [5, 5.41) is 0. The van der Waals surface area contributed by atoms with Gasteiger partial charge in [-0.15, -0.1) is 0 Å². The fourth-order valence-electron chi connectivity index (χ4n) is 1.17. The summed E-state index contributed by atoms with van der Waals surface area (Å²) in [4.78, 5) is 0. The topological polar surface area (TPSA) is 0 Å². The van der Waals surface area contributed by atoms with Crippen LogP contribution >= 0.6 is 0 Å². The van der Waals surface area contributed by atoms with E-state index in [1.54, 1.807) is 6.08 Å². The van der Waals surface area contributed by atoms with Crippen LogP contribution < -0.4 is 0 Å². The summed E-state index contributed by atoms with van der Waals surface area (Å²) in [6.07, 6.45) is 9.01. The zero-order valence-corrected chi connectivity index (χ0v) is 8.60. The molecule has 0 aromatic carbocycles. The highest BCUT2D eigenvalue weighted by molar-refractivity contribution is 4.70. The molecule has 0 saturated heterocycles. The molecule has 0 saturated carbocycles. The Hall–Kier alpha value is -0.260. The van der Waals surface area contributed by atoms with Crippen LogP contribution in [0, 0.1) is 18.9 Å². The average Bonchev–Trinajstić information content (AvgIpc) is 2.04. The molecule has 0 amide bonds. The summed E-state index contributed by atoms with van der Waals surface area (Å²) >= 11 is 0. The first kappa shape index (κ1) is 11.7. The van der Waals surface area contributed by atoms with Crippen LogP contribution in [0.3, 0.4) is 0 Å². The smallest absolute Gasteiger partial charge is 0.0348 e. The third-order valence-electron chi connectivity index (χ3n) is 2.40. The Morgan fingerprint density at radius 2 is 1.92 bits per heavy atom. The van der Waals surface area contributed by atoms with Gasteiger partial charge in [-0.2, -0.15) is 0 Å². The predicted molar refractivity (Wildman–Crippen MR) is 55.7 cm³/mol. The van der Waals surface area contributed by atoms with Gasteiger partial charge in [-0.3, -0.25) is 0 Å². The molecule has 0 aliphatic heterocycles. The van der Waals surface area contributed by atoms with Crippen LogP contribution in [-0.4, -0.2) is 0 Å². The Morgan fingerprint density at radius 3 is 2.42 bits per heavy atom. The van der Waals surface area contributed by atoms with E-state index >= 15 is 0 Å². The fourth-order valence-corrected chi connectivity index (χ4v) is 1.17. The molecule has 0 fully saturated rings. The van der Waals surface area contributed by atoms with Crippen molar-refractivity contribution in [2.75, 3.05) is 0 Å². The van der Waals surface area contributed by atoms with Gasteiger partial charge < -0.3 is 0 Å². The van der Waals surface area contributed by atoms with Crippen LogP contribution in [0.1, 0.15) is 52.4 Å². The van der Waals surface area contributed by atoms with Gasteiger partial charge in [0.2, 0.25) is 0 Å². The van der Waals surface area contributed by atoms with E-state index in [-0.39, 0.29) is 0 Å². The van der Waals surface area contributed by atoms with Crippen LogP contribution in [0.4, 0.5) is 0 Å². The number of rotatable bonds is 7. The molecule has 0 spiro atoms. The predicted octanol–water partition coefficient (Wildman–Crippen LogP) is 4.18. The molecule has 0 N–H and O–H groups in total. The summed E-state index contributed by atoms with van der Waals surface area (Å²) in [5.41, 5.74) is 0.437. The van der Waals surface area contributed by atoms with Gasteiger partial charge >= 0.3 is 0 Å². The molecule has 0 aromatic heterocycles. The average molecular weight is 166 g/mol. The summed E-state index contributed by atoms with van der Waals surface area (Å²) in [6.45, 7) is 13.8. The van der Waals surface area contributed by atoms with Crippen molar-refractivity contribution in [1.82, 2.24) is 0 Å². The van der Waals surface area contributed by atoms with Crippen molar-refractivity contribution in [3.05, 3.63) is 19.6 Å². The Balaban J connectivity index is 3.24. The van der Waals surface area contributed by atoms with Gasteiger partial charge in [0.1, 0.15) is 0 Å². The Kier molecular flexibility index (Phi) is 6.14. The number of hydrogen-bond donors (Lipinski definition) is 0. The van der Waals surface area contributed by atoms with E-state index in [2.05, 4.69) is 20.8 Å². The van der Waals surface area contributed by atoms with Crippen LogP contribution in [-0.2, 0) is 0 Å². The molecular formula is C12H22. The highest BCUT2D eigenvalue weighted by atomic mass is 14.2. The van der Waals surface area contributed by atoms with Crippen molar-refractivity contribution in [2.24, 2.45) is 5.41 Å². The molecular weight excluding hydrogens is 144 g/mol. The Labute approximate surface area is 78.1 Å². The lowest BCUT2D eigenvalue weighted by molar-refractivity contribution is 0.323. The summed E-state index contributed by atoms with van der Waals surface area (Å²) in [5.74, 6) is 0. The first-order valence-electron chi connectivity index (χ1n) is 4.95. The molecule has 0 aromatic rings. The maximum Gasteiger partial charge on any atom is -0.0348 e. The Bertz CT molecular complexity index is 111. The molecule has 12 heavy (non-hydrogen) atoms. The molecule has 0 aliphatic carbocycles. The summed E-state index contributed by atoms with van der Waals surface area (Å²) in [6, 6.07) is 0. The van der Waals surface area contributed by atoms with Crippen LogP contribution in [0.5, 0.6) is 0 Å². The van der Waals surface area contributed by atoms with E-state index in [0.29, 0.717) is 5.41 Å². The van der Waals surface area contributed by atoms with E-state index in [9.17, 15) is 0 Å². The minimum atomic E-state index is 0.437. The monoisotopic (exact) mass is 166 g/mol. The van der Waals surface area contributed by atoms with Gasteiger partial charge in [0, 0.05) is 0 Å². The van der Waals surface area contributed by atoms with Crippen molar-refractivity contribution in [1.29, 1.82) is 0 Å². The highest BCUT2D eigenvalue weighted by Crippen LogP contribution is 2.26. The van der Waals surface area contributed by atoms with Gasteiger partial charge in [0.25, 0.3) is 0 Å². The van der Waals surface area contributed by atoms with E-state index in [4.69, 9.17) is 6.58 Å². The second-order valence-electron chi connectivity index (χ2n) is 4.25. The lowest BCUT2D eigenvalue weighted by atomic mass is 9.84. The van der Waals surface area contributed by atoms with Gasteiger partial charge in [-0.25, -0.2) is 0 Å². The van der Waals surface area contributed by atoms with Crippen molar-refractivity contribution in [2.45, 2.75) is 52.4 Å². The second kappa shape index (κ2) is 6.28. The van der Waals surface area contributed by atoms with E-state index in [1.807, 2.05) is 0 Å². The first-order chi connectivity index (χ1) is 5.62. The third-order valence-corrected chi connectivity index (χ3v) is 2.40. The Morgan fingerprint density at radius 1 is 1.25 bits per heavy atom. The maximum atomic E-state index is 5.29. The third kappa shape index (κ3) is 6.45. The van der Waals surface area contributed by atoms with E-state index in [1.165, 1.54) is 25.7 Å². The second-order valence-corrected chi connectivity index (χ2v) is 4.25. The minimum absolute atomic E-state index is 0.437. The molecule has 0 unspecified atom stereocenters. The molecule has 0 atom stereocenters. The number of unbranched alkanes of at least 4 members (excludes halogenated alkanes) is 3. The zero-order valence-electron chi connectivity index (χ0n) is 8.60. The first-order valence-corrected chi connectivity index (χ1v) is 4.95. The molecule has 2 radical (unpaired) electrons. The largest absolute Gasteiger partial charge is 0.0845 e. The van der Waals surface area contributed by atoms with E-state index < -0.39 is 0 Å². The molecule has 0 heterocycles. The maximum absolute atomic E-state index is 5.29. The summed E-state index contributed by atoms with van der Waals surface area (Å²) < 4.78 is 0. The van der Waals surface area contributed by atoms with Crippen molar-refractivity contribution in [3.8, 4) is 0 Å². The van der Waals surface area contributed by atoms with Crippen LogP contribution in [0.15, 0.2) is 6.08 Å². The van der Waals surface area contributed by atoms with Gasteiger partial charge in [0.15, 0.2) is 0 Å². The molecule has 0 rings (SSSR count). The quantitative estimate of drug-likeness (QED) is 0.498. The normalized spacial score (nSPS) is 11.6. The van der Waals surface area contributed by atoms with Gasteiger partial charge in [-0.1, -0.05) is 46.3 Å². The summed E-state index contributed by atoms with van der Waals surface area (Å²) in [7, 11) is 0. The number of hydrogen-bond acceptors (Lipinski definition) is 0. The van der Waals surface area contributed by atoms with Crippen molar-refractivity contribution >= 4 is 0 Å². The van der Waals surface area contributed by atoms with Crippen molar-refractivity contribution < 1.29 is 0 Å². The van der Waals surface area contributed by atoms with E-state index in [0.717, 1.165) is 12.8 Å². The van der Waals surface area contributed by atoms with Crippen LogP contribution in [0.25, 0.3) is 0 Å². The SMILES string of the molecule is [CH]=CCCCCCC(C)(C)C[CH2]. The fraction of sp³-hybridized carbons (Fsp3) is 0.750. The molecule has 70 valence electrons. The van der Waals surface area contributed by atoms with Gasteiger partial charge in [-0.05, 0) is 31.1 Å². The standard InChI is InChI=1S/C12H22/c1-5-7-8-9-10-11-12(3,4)6-2/h1,5H,2,6-11H2,3-4H3. The molecule has 0 nitrogen and oxygen atoms in total. The molecule has 0 bridgehead atoms. The molecule has 0 heteroatoms. The van der Waals surface area contributed by atoms with Crippen LogP contribution in [0.2, 0.25) is 0 Å².